The second-order valence-corrected chi connectivity index (χ2v) is 3.80. The van der Waals surface area contributed by atoms with Crippen LogP contribution in [0, 0.1) is 17.1 Å². The Kier molecular flexibility index (Phi) is 4.27. The summed E-state index contributed by atoms with van der Waals surface area (Å²) in [4.78, 5) is 1.73. The molecule has 86 valence electrons. The Hall–Kier alpha value is -1.60. The highest BCUT2D eigenvalue weighted by atomic mass is 19.1. The summed E-state index contributed by atoms with van der Waals surface area (Å²) in [6.07, 6.45) is 0.364. The van der Waals surface area contributed by atoms with E-state index in [1.807, 2.05) is 19.1 Å². The van der Waals surface area contributed by atoms with Gasteiger partial charge in [0.25, 0.3) is 0 Å². The summed E-state index contributed by atoms with van der Waals surface area (Å²) >= 11 is 0. The molecule has 16 heavy (non-hydrogen) atoms. The molecule has 3 nitrogen and oxygen atoms in total. The van der Waals surface area contributed by atoms with Crippen molar-refractivity contribution in [2.45, 2.75) is 19.4 Å². The number of nitrogens with zero attached hydrogens (tertiary/aromatic N) is 2. The molecule has 0 aliphatic heterocycles. The van der Waals surface area contributed by atoms with Gasteiger partial charge in [0, 0.05) is 19.6 Å². The van der Waals surface area contributed by atoms with Crippen LogP contribution in [0.15, 0.2) is 18.2 Å². The molecular formula is C12H16FN3. The van der Waals surface area contributed by atoms with E-state index in [0.717, 1.165) is 5.56 Å². The van der Waals surface area contributed by atoms with Crippen LogP contribution in [0.1, 0.15) is 24.9 Å². The van der Waals surface area contributed by atoms with Gasteiger partial charge in [-0.25, -0.2) is 4.39 Å². The molecule has 1 aromatic rings. The van der Waals surface area contributed by atoms with E-state index in [2.05, 4.69) is 0 Å². The summed E-state index contributed by atoms with van der Waals surface area (Å²) in [5.74, 6) is -0.296. The highest BCUT2D eigenvalue weighted by Crippen LogP contribution is 2.27. The first kappa shape index (κ1) is 12.5. The van der Waals surface area contributed by atoms with Crippen LogP contribution in [0.25, 0.3) is 0 Å². The SMILES string of the molecule is CC(N)c1cccc(F)c1N(C)CCC#N. The zero-order valence-corrected chi connectivity index (χ0v) is 9.57. The second-order valence-electron chi connectivity index (χ2n) is 3.80. The van der Waals surface area contributed by atoms with Crippen LogP contribution in [-0.4, -0.2) is 13.6 Å². The van der Waals surface area contributed by atoms with Crippen LogP contribution >= 0.6 is 0 Å². The van der Waals surface area contributed by atoms with Crippen molar-refractivity contribution in [3.63, 3.8) is 0 Å². The molecule has 2 N–H and O–H groups in total. The Balaban J connectivity index is 3.05. The highest BCUT2D eigenvalue weighted by Gasteiger charge is 2.14. The average Bonchev–Trinajstić information content (AvgIpc) is 2.25. The lowest BCUT2D eigenvalue weighted by atomic mass is 10.1. The van der Waals surface area contributed by atoms with Gasteiger partial charge >= 0.3 is 0 Å². The smallest absolute Gasteiger partial charge is 0.146 e. The number of hydrogen-bond acceptors (Lipinski definition) is 3. The topological polar surface area (TPSA) is 53.0 Å². The van der Waals surface area contributed by atoms with Crippen LogP contribution in [-0.2, 0) is 0 Å². The van der Waals surface area contributed by atoms with E-state index in [1.165, 1.54) is 6.07 Å². The molecule has 1 unspecified atom stereocenters. The fourth-order valence-electron chi connectivity index (χ4n) is 1.63. The molecule has 0 radical (unpaired) electrons. The number of hydrogen-bond donors (Lipinski definition) is 1. The van der Waals surface area contributed by atoms with Crippen molar-refractivity contribution in [2.24, 2.45) is 5.73 Å². The maximum Gasteiger partial charge on any atom is 0.146 e. The van der Waals surface area contributed by atoms with Crippen molar-refractivity contribution >= 4 is 5.69 Å². The van der Waals surface area contributed by atoms with E-state index >= 15 is 0 Å². The minimum Gasteiger partial charge on any atom is -0.371 e. The van der Waals surface area contributed by atoms with E-state index in [1.54, 1.807) is 18.0 Å². The Morgan fingerprint density at radius 2 is 2.25 bits per heavy atom. The molecule has 0 amide bonds. The summed E-state index contributed by atoms with van der Waals surface area (Å²) in [7, 11) is 1.77. The van der Waals surface area contributed by atoms with Gasteiger partial charge in [0.15, 0.2) is 0 Å². The monoisotopic (exact) mass is 221 g/mol. The lowest BCUT2D eigenvalue weighted by Gasteiger charge is -2.23. The maximum absolute atomic E-state index is 13.7. The van der Waals surface area contributed by atoms with Crippen LogP contribution in [0.3, 0.4) is 0 Å². The minimum absolute atomic E-state index is 0.227. The average molecular weight is 221 g/mol. The first-order valence-corrected chi connectivity index (χ1v) is 5.20. The number of nitriles is 1. The number of rotatable bonds is 4. The Morgan fingerprint density at radius 3 is 2.81 bits per heavy atom. The predicted octanol–water partition coefficient (Wildman–Crippen LogP) is 2.20. The lowest BCUT2D eigenvalue weighted by molar-refractivity contribution is 0.616. The molecule has 0 bridgehead atoms. The normalized spacial score (nSPS) is 11.9. The molecule has 0 spiro atoms. The van der Waals surface area contributed by atoms with Crippen LogP contribution in [0.4, 0.5) is 10.1 Å². The summed E-state index contributed by atoms with van der Waals surface area (Å²) < 4.78 is 13.7. The van der Waals surface area contributed by atoms with Crippen LogP contribution in [0.2, 0.25) is 0 Å². The molecule has 0 aromatic heterocycles. The molecule has 4 heteroatoms. The van der Waals surface area contributed by atoms with E-state index in [-0.39, 0.29) is 11.9 Å². The Labute approximate surface area is 95.3 Å². The van der Waals surface area contributed by atoms with Gasteiger partial charge < -0.3 is 10.6 Å². The first-order chi connectivity index (χ1) is 7.57. The highest BCUT2D eigenvalue weighted by molar-refractivity contribution is 5.55. The molecule has 0 aliphatic carbocycles. The van der Waals surface area contributed by atoms with E-state index in [0.29, 0.717) is 18.7 Å². The van der Waals surface area contributed by atoms with Gasteiger partial charge in [0.2, 0.25) is 0 Å². The quantitative estimate of drug-likeness (QED) is 0.848. The van der Waals surface area contributed by atoms with Crippen molar-refractivity contribution in [1.82, 2.24) is 0 Å². The van der Waals surface area contributed by atoms with Gasteiger partial charge in [0.1, 0.15) is 5.82 Å². The summed E-state index contributed by atoms with van der Waals surface area (Å²) in [5.41, 5.74) is 7.05. The summed E-state index contributed by atoms with van der Waals surface area (Å²) in [6, 6.07) is 6.68. The third-order valence-electron chi connectivity index (χ3n) is 2.45. The number of para-hydroxylation sites is 1. The Morgan fingerprint density at radius 1 is 1.56 bits per heavy atom. The van der Waals surface area contributed by atoms with Crippen molar-refractivity contribution < 1.29 is 4.39 Å². The number of benzene rings is 1. The standard InChI is InChI=1S/C12H16FN3/c1-9(15)10-5-3-6-11(13)12(10)16(2)8-4-7-14/h3,5-6,9H,4,8,15H2,1-2H3. The summed E-state index contributed by atoms with van der Waals surface area (Å²) in [5, 5.41) is 8.51. The van der Waals surface area contributed by atoms with Gasteiger partial charge in [0.05, 0.1) is 18.2 Å². The molecule has 0 fully saturated rings. The van der Waals surface area contributed by atoms with E-state index in [9.17, 15) is 4.39 Å². The third kappa shape index (κ3) is 2.71. The van der Waals surface area contributed by atoms with Gasteiger partial charge in [-0.15, -0.1) is 0 Å². The molecular weight excluding hydrogens is 205 g/mol. The van der Waals surface area contributed by atoms with Crippen molar-refractivity contribution in [1.29, 1.82) is 5.26 Å². The Bertz CT molecular complexity index is 396. The van der Waals surface area contributed by atoms with Crippen molar-refractivity contribution in [2.75, 3.05) is 18.5 Å². The molecule has 0 saturated heterocycles. The molecule has 1 aromatic carbocycles. The van der Waals surface area contributed by atoms with E-state index in [4.69, 9.17) is 11.0 Å². The number of nitrogens with two attached hydrogens (primary N) is 1. The fraction of sp³-hybridized carbons (Fsp3) is 0.417. The zero-order valence-electron chi connectivity index (χ0n) is 9.57. The molecule has 0 aliphatic rings. The van der Waals surface area contributed by atoms with Crippen molar-refractivity contribution in [3.8, 4) is 6.07 Å². The van der Waals surface area contributed by atoms with Crippen LogP contribution < -0.4 is 10.6 Å². The van der Waals surface area contributed by atoms with Gasteiger partial charge in [-0.2, -0.15) is 5.26 Å². The number of halogens is 1. The fourth-order valence-corrected chi connectivity index (χ4v) is 1.63. The third-order valence-corrected chi connectivity index (χ3v) is 2.45. The summed E-state index contributed by atoms with van der Waals surface area (Å²) in [6.45, 7) is 2.31. The maximum atomic E-state index is 13.7. The molecule has 0 saturated carbocycles. The molecule has 1 atom stereocenters. The van der Waals surface area contributed by atoms with Gasteiger partial charge in [-0.05, 0) is 18.6 Å². The van der Waals surface area contributed by atoms with Crippen LogP contribution in [0.5, 0.6) is 0 Å². The largest absolute Gasteiger partial charge is 0.371 e. The molecule has 0 heterocycles. The lowest BCUT2D eigenvalue weighted by Crippen LogP contribution is -2.22. The predicted molar refractivity (Wildman–Crippen MR) is 62.5 cm³/mol. The van der Waals surface area contributed by atoms with E-state index < -0.39 is 0 Å². The van der Waals surface area contributed by atoms with Gasteiger partial charge in [-0.3, -0.25) is 0 Å². The first-order valence-electron chi connectivity index (χ1n) is 5.20. The molecule has 1 rings (SSSR count). The number of anilines is 1. The zero-order chi connectivity index (χ0) is 12.1. The minimum atomic E-state index is -0.296. The van der Waals surface area contributed by atoms with Crippen molar-refractivity contribution in [3.05, 3.63) is 29.6 Å². The second kappa shape index (κ2) is 5.47. The van der Waals surface area contributed by atoms with Gasteiger partial charge in [-0.1, -0.05) is 12.1 Å².